The molecule has 0 aliphatic heterocycles. The molecule has 0 atom stereocenters. The number of nitrogens with two attached hydrogens (primary N) is 2. The lowest BCUT2D eigenvalue weighted by atomic mass is 10.0. The normalized spacial score (nSPS) is 11.0. The van der Waals surface area contributed by atoms with Gasteiger partial charge in [-0.1, -0.05) is 36.4 Å². The first kappa shape index (κ1) is 28.7. The van der Waals surface area contributed by atoms with Crippen LogP contribution < -0.4 is 16.9 Å². The minimum absolute atomic E-state index is 0.0549. The molecular formula is C31H29N5O5S. The largest absolute Gasteiger partial charge is 0.508 e. The fourth-order valence-electron chi connectivity index (χ4n) is 4.84. The maximum atomic E-state index is 13.7. The number of aromatic hydroxyl groups is 1. The van der Waals surface area contributed by atoms with E-state index in [0.29, 0.717) is 32.0 Å². The van der Waals surface area contributed by atoms with Gasteiger partial charge in [0.25, 0.3) is 5.91 Å². The Morgan fingerprint density at radius 2 is 1.67 bits per heavy atom. The third kappa shape index (κ3) is 5.54. The summed E-state index contributed by atoms with van der Waals surface area (Å²) in [6.07, 6.45) is -0.142. The van der Waals surface area contributed by atoms with Crippen molar-refractivity contribution in [2.24, 2.45) is 11.5 Å². The maximum absolute atomic E-state index is 13.7. The fourth-order valence-corrected chi connectivity index (χ4v) is 5.98. The van der Waals surface area contributed by atoms with Gasteiger partial charge in [-0.2, -0.15) is 0 Å². The number of nitrogens with one attached hydrogen (secondary N) is 1. The van der Waals surface area contributed by atoms with Crippen molar-refractivity contribution >= 4 is 39.8 Å². The van der Waals surface area contributed by atoms with Crippen LogP contribution in [0.3, 0.4) is 0 Å². The molecule has 0 fully saturated rings. The first-order valence-electron chi connectivity index (χ1n) is 13.0. The minimum Gasteiger partial charge on any atom is -0.508 e. The summed E-state index contributed by atoms with van der Waals surface area (Å²) in [4.78, 5) is 40.6. The van der Waals surface area contributed by atoms with Crippen molar-refractivity contribution in [2.45, 2.75) is 13.1 Å². The number of carbonyl (C=O) groups excluding carboxylic acids is 3. The first-order valence-corrected chi connectivity index (χ1v) is 13.8. The minimum atomic E-state index is -0.619. The van der Waals surface area contributed by atoms with Crippen LogP contribution in [-0.2, 0) is 17.9 Å². The van der Waals surface area contributed by atoms with E-state index in [0.717, 1.165) is 22.2 Å². The van der Waals surface area contributed by atoms with Crippen molar-refractivity contribution in [3.8, 4) is 27.4 Å². The van der Waals surface area contributed by atoms with E-state index in [1.807, 2.05) is 28.8 Å². The number of hydroxylamine groups is 1. The molecule has 11 heteroatoms. The molecule has 0 saturated heterocycles. The van der Waals surface area contributed by atoms with Crippen LogP contribution in [-0.4, -0.2) is 51.1 Å². The van der Waals surface area contributed by atoms with Crippen molar-refractivity contribution in [2.75, 3.05) is 13.7 Å². The Labute approximate surface area is 245 Å². The molecule has 7 N–H and O–H groups in total. The zero-order chi connectivity index (χ0) is 30.0. The number of nitrogens with zero attached hydrogens (tertiary/aromatic N) is 2. The van der Waals surface area contributed by atoms with E-state index >= 15 is 0 Å². The lowest BCUT2D eigenvalue weighted by molar-refractivity contribution is -0.128. The molecule has 3 aromatic carbocycles. The molecular weight excluding hydrogens is 554 g/mol. The number of amides is 2. The van der Waals surface area contributed by atoms with Gasteiger partial charge < -0.3 is 26.0 Å². The van der Waals surface area contributed by atoms with Crippen LogP contribution in [0.25, 0.3) is 32.6 Å². The molecule has 0 saturated carbocycles. The van der Waals surface area contributed by atoms with Gasteiger partial charge in [0.1, 0.15) is 5.75 Å². The molecule has 0 unspecified atom stereocenters. The Bertz CT molecular complexity index is 1810. The Morgan fingerprint density at radius 1 is 0.929 bits per heavy atom. The number of hydrogen-bond acceptors (Lipinski definition) is 8. The van der Waals surface area contributed by atoms with Crippen LogP contribution in [0.4, 0.5) is 0 Å². The molecule has 0 aliphatic rings. The number of phenols is 1. The van der Waals surface area contributed by atoms with Crippen LogP contribution in [0.2, 0.25) is 0 Å². The number of rotatable bonds is 9. The van der Waals surface area contributed by atoms with Gasteiger partial charge in [0, 0.05) is 28.4 Å². The van der Waals surface area contributed by atoms with Crippen LogP contribution in [0, 0.1) is 0 Å². The molecule has 2 heterocycles. The lowest BCUT2D eigenvalue weighted by Crippen LogP contribution is -2.32. The highest BCUT2D eigenvalue weighted by molar-refractivity contribution is 7.17. The summed E-state index contributed by atoms with van der Waals surface area (Å²) in [5.74, 6) is -0.976. The van der Waals surface area contributed by atoms with Gasteiger partial charge in [-0.25, -0.2) is 5.48 Å². The predicted octanol–water partition coefficient (Wildman–Crippen LogP) is 3.93. The van der Waals surface area contributed by atoms with Gasteiger partial charge >= 0.3 is 0 Å². The molecule has 0 spiro atoms. The molecule has 0 bridgehead atoms. The summed E-state index contributed by atoms with van der Waals surface area (Å²) in [6.45, 7) is 0.277. The maximum Gasteiger partial charge on any atom is 0.254 e. The highest BCUT2D eigenvalue weighted by atomic mass is 32.1. The molecule has 10 nitrogen and oxygen atoms in total. The Hall–Kier alpha value is -4.81. The Balaban J connectivity index is 1.51. The standard InChI is InChI=1S/C31H29N5O5S/c1-35(16-32)31(40)19-7-5-18(6-8-19)25-12-20-9-10-21(13-26(20)36(25)17-33)29(39)27-14-23(15-28(38)34-41)30(42-27)22-3-2-4-24(37)11-22/h2-14,37,41H,15-17,32-33H2,1H3,(H,34,38). The van der Waals surface area contributed by atoms with E-state index in [-0.39, 0.29) is 37.2 Å². The van der Waals surface area contributed by atoms with Crippen molar-refractivity contribution in [3.63, 3.8) is 0 Å². The number of hydrogen-bond donors (Lipinski definition) is 5. The zero-order valence-corrected chi connectivity index (χ0v) is 23.5. The topological polar surface area (TPSA) is 164 Å². The van der Waals surface area contributed by atoms with E-state index in [4.69, 9.17) is 16.7 Å². The van der Waals surface area contributed by atoms with Crippen LogP contribution in [0.1, 0.15) is 31.2 Å². The van der Waals surface area contributed by atoms with Gasteiger partial charge in [-0.3, -0.25) is 19.6 Å². The predicted molar refractivity (Wildman–Crippen MR) is 161 cm³/mol. The lowest BCUT2D eigenvalue weighted by Gasteiger charge is -2.14. The summed E-state index contributed by atoms with van der Waals surface area (Å²) in [5.41, 5.74) is 18.0. The quantitative estimate of drug-likeness (QED) is 0.0759. The van der Waals surface area contributed by atoms with Crippen molar-refractivity contribution in [1.29, 1.82) is 0 Å². The average molecular weight is 584 g/mol. The molecule has 5 rings (SSSR count). The van der Waals surface area contributed by atoms with E-state index in [1.54, 1.807) is 61.1 Å². The molecule has 214 valence electrons. The van der Waals surface area contributed by atoms with Crippen LogP contribution in [0.15, 0.2) is 78.9 Å². The molecule has 42 heavy (non-hydrogen) atoms. The summed E-state index contributed by atoms with van der Waals surface area (Å²) in [7, 11) is 1.64. The Kier molecular flexibility index (Phi) is 8.18. The second-order valence-corrected chi connectivity index (χ2v) is 10.8. The van der Waals surface area contributed by atoms with Gasteiger partial charge in [0.05, 0.1) is 35.8 Å². The Morgan fingerprint density at radius 3 is 2.33 bits per heavy atom. The van der Waals surface area contributed by atoms with Crippen LogP contribution >= 0.6 is 11.3 Å². The van der Waals surface area contributed by atoms with Crippen LogP contribution in [0.5, 0.6) is 5.75 Å². The number of phenolic OH excluding ortho intramolecular Hbond substituents is 1. The number of ketones is 1. The van der Waals surface area contributed by atoms with E-state index in [2.05, 4.69) is 0 Å². The van der Waals surface area contributed by atoms with E-state index in [1.165, 1.54) is 22.3 Å². The molecule has 0 radical (unpaired) electrons. The van der Waals surface area contributed by atoms with Gasteiger partial charge in [0.15, 0.2) is 0 Å². The van der Waals surface area contributed by atoms with Crippen molar-refractivity contribution in [3.05, 3.63) is 100 Å². The monoisotopic (exact) mass is 583 g/mol. The number of aromatic nitrogens is 1. The zero-order valence-electron chi connectivity index (χ0n) is 22.7. The SMILES string of the molecule is CN(CN)C(=O)c1ccc(-c2cc3ccc(C(=O)c4cc(CC(=O)NO)c(-c5cccc(O)c5)s4)cc3n2CN)cc1. The van der Waals surface area contributed by atoms with E-state index in [9.17, 15) is 19.5 Å². The summed E-state index contributed by atoms with van der Waals surface area (Å²) < 4.78 is 1.90. The average Bonchev–Trinajstić information content (AvgIpc) is 3.60. The second-order valence-electron chi connectivity index (χ2n) is 9.73. The fraction of sp³-hybridized carbons (Fsp3) is 0.129. The number of thiophene rings is 1. The molecule has 0 aliphatic carbocycles. The molecule has 5 aromatic rings. The number of benzene rings is 3. The van der Waals surface area contributed by atoms with Gasteiger partial charge in [-0.05, 0) is 59.2 Å². The third-order valence-electron chi connectivity index (χ3n) is 7.01. The van der Waals surface area contributed by atoms with Gasteiger partial charge in [-0.15, -0.1) is 11.3 Å². The second kappa shape index (κ2) is 12.0. The molecule has 2 aromatic heterocycles. The first-order chi connectivity index (χ1) is 20.2. The van der Waals surface area contributed by atoms with Gasteiger partial charge in [0.2, 0.25) is 11.7 Å². The molecule has 2 amide bonds. The summed E-state index contributed by atoms with van der Waals surface area (Å²) in [5, 5.41) is 19.9. The third-order valence-corrected chi connectivity index (χ3v) is 8.24. The summed E-state index contributed by atoms with van der Waals surface area (Å²) >= 11 is 1.21. The highest BCUT2D eigenvalue weighted by Gasteiger charge is 2.21. The van der Waals surface area contributed by atoms with Crippen molar-refractivity contribution < 1.29 is 24.7 Å². The van der Waals surface area contributed by atoms with E-state index < -0.39 is 5.91 Å². The smallest absolute Gasteiger partial charge is 0.254 e. The number of fused-ring (bicyclic) bond motifs is 1. The van der Waals surface area contributed by atoms with Crippen molar-refractivity contribution in [1.82, 2.24) is 14.9 Å². The highest BCUT2D eigenvalue weighted by Crippen LogP contribution is 2.36. The number of carbonyl (C=O) groups is 3. The summed E-state index contributed by atoms with van der Waals surface area (Å²) in [6, 6.07) is 22.7.